The van der Waals surface area contributed by atoms with Gasteiger partial charge in [0.1, 0.15) is 5.60 Å². The third-order valence-corrected chi connectivity index (χ3v) is 3.76. The molecule has 0 fully saturated rings. The number of aryl methyl sites for hydroxylation is 2. The van der Waals surface area contributed by atoms with Gasteiger partial charge in [0.2, 0.25) is 0 Å². The number of rotatable bonds is 5. The SMILES string of the molecule is Cc1cc(C)n(-c2ccc(C(=O)NC(C)(C)CNC(=O)OC(C)(C)C)cn2)n1. The Morgan fingerprint density at radius 2 is 1.82 bits per heavy atom. The molecule has 0 aliphatic rings. The maximum absolute atomic E-state index is 12.5. The number of carbonyl (C=O) groups excluding carboxylic acids is 2. The lowest BCUT2D eigenvalue weighted by Gasteiger charge is -2.27. The molecule has 0 radical (unpaired) electrons. The number of hydrogen-bond acceptors (Lipinski definition) is 5. The Labute approximate surface area is 165 Å². The molecule has 2 aromatic heterocycles. The lowest BCUT2D eigenvalue weighted by molar-refractivity contribution is 0.0509. The molecule has 0 saturated carbocycles. The lowest BCUT2D eigenvalue weighted by atomic mass is 10.1. The number of amides is 2. The molecule has 0 bridgehead atoms. The first-order valence-corrected chi connectivity index (χ1v) is 9.15. The van der Waals surface area contributed by atoms with Crippen LogP contribution in [0, 0.1) is 13.8 Å². The van der Waals surface area contributed by atoms with Crippen LogP contribution in [0.5, 0.6) is 0 Å². The van der Waals surface area contributed by atoms with Crippen molar-refractivity contribution in [1.29, 1.82) is 0 Å². The van der Waals surface area contributed by atoms with E-state index in [4.69, 9.17) is 4.74 Å². The molecule has 152 valence electrons. The summed E-state index contributed by atoms with van der Waals surface area (Å²) in [5, 5.41) is 9.95. The third-order valence-electron chi connectivity index (χ3n) is 3.76. The van der Waals surface area contributed by atoms with E-state index >= 15 is 0 Å². The predicted octanol–water partition coefficient (Wildman–Crippen LogP) is 2.92. The molecule has 8 nitrogen and oxygen atoms in total. The molecular weight excluding hydrogens is 358 g/mol. The van der Waals surface area contributed by atoms with Gasteiger partial charge in [-0.25, -0.2) is 14.5 Å². The number of nitrogens with zero attached hydrogens (tertiary/aromatic N) is 3. The summed E-state index contributed by atoms with van der Waals surface area (Å²) in [5.41, 5.74) is 1.06. The summed E-state index contributed by atoms with van der Waals surface area (Å²) >= 11 is 0. The second kappa shape index (κ2) is 8.00. The molecule has 0 aliphatic carbocycles. The number of alkyl carbamates (subject to hydrolysis) is 1. The Bertz CT molecular complexity index is 848. The van der Waals surface area contributed by atoms with Crippen LogP contribution in [0.25, 0.3) is 5.82 Å². The number of carbonyl (C=O) groups is 2. The van der Waals surface area contributed by atoms with E-state index in [-0.39, 0.29) is 12.5 Å². The number of nitrogens with one attached hydrogen (secondary N) is 2. The van der Waals surface area contributed by atoms with Gasteiger partial charge in [-0.3, -0.25) is 4.79 Å². The molecular formula is C20H29N5O3. The quantitative estimate of drug-likeness (QED) is 0.822. The normalized spacial score (nSPS) is 11.8. The minimum atomic E-state index is -0.664. The van der Waals surface area contributed by atoms with E-state index < -0.39 is 17.2 Å². The van der Waals surface area contributed by atoms with Gasteiger partial charge in [0, 0.05) is 18.4 Å². The summed E-state index contributed by atoms with van der Waals surface area (Å²) in [6.07, 6.45) is 0.990. The van der Waals surface area contributed by atoms with Crippen molar-refractivity contribution in [3.63, 3.8) is 0 Å². The molecule has 0 atom stereocenters. The molecule has 2 amide bonds. The van der Waals surface area contributed by atoms with Gasteiger partial charge in [0.05, 0.1) is 16.8 Å². The Hall–Kier alpha value is -2.90. The van der Waals surface area contributed by atoms with Crippen LogP contribution in [0.1, 0.15) is 56.4 Å². The highest BCUT2D eigenvalue weighted by Gasteiger charge is 2.24. The van der Waals surface area contributed by atoms with Gasteiger partial charge in [-0.2, -0.15) is 5.10 Å². The second-order valence-electron chi connectivity index (χ2n) is 8.44. The van der Waals surface area contributed by atoms with Gasteiger partial charge in [0.25, 0.3) is 5.91 Å². The fourth-order valence-corrected chi connectivity index (χ4v) is 2.54. The molecule has 0 aromatic carbocycles. The van der Waals surface area contributed by atoms with E-state index in [0.29, 0.717) is 11.4 Å². The third kappa shape index (κ3) is 6.07. The molecule has 0 saturated heterocycles. The first kappa shape index (κ1) is 21.4. The van der Waals surface area contributed by atoms with Crippen molar-refractivity contribution in [2.45, 2.75) is 59.6 Å². The van der Waals surface area contributed by atoms with E-state index in [0.717, 1.165) is 11.4 Å². The largest absolute Gasteiger partial charge is 0.444 e. The highest BCUT2D eigenvalue weighted by Crippen LogP contribution is 2.12. The van der Waals surface area contributed by atoms with Crippen LogP contribution in [0.3, 0.4) is 0 Å². The molecule has 2 rings (SSSR count). The zero-order valence-corrected chi connectivity index (χ0v) is 17.6. The van der Waals surface area contributed by atoms with Crippen LogP contribution >= 0.6 is 0 Å². The Morgan fingerprint density at radius 1 is 1.14 bits per heavy atom. The summed E-state index contributed by atoms with van der Waals surface area (Å²) in [7, 11) is 0. The van der Waals surface area contributed by atoms with Gasteiger partial charge in [-0.05, 0) is 66.7 Å². The van der Waals surface area contributed by atoms with Gasteiger partial charge in [0.15, 0.2) is 5.82 Å². The average Bonchev–Trinajstić information content (AvgIpc) is 2.90. The van der Waals surface area contributed by atoms with E-state index in [1.54, 1.807) is 37.6 Å². The maximum atomic E-state index is 12.5. The standard InChI is InChI=1S/C20H29N5O3/c1-13-10-14(2)25(24-13)16-9-8-15(11-21-16)17(26)23-20(6,7)12-22-18(27)28-19(3,4)5/h8-11H,12H2,1-7H3,(H,22,27)(H,23,26). The number of hydrogen-bond donors (Lipinski definition) is 2. The van der Waals surface area contributed by atoms with Gasteiger partial charge in [-0.15, -0.1) is 0 Å². The van der Waals surface area contributed by atoms with Gasteiger partial charge in [-0.1, -0.05) is 0 Å². The summed E-state index contributed by atoms with van der Waals surface area (Å²) in [4.78, 5) is 28.7. The Morgan fingerprint density at radius 3 is 2.32 bits per heavy atom. The maximum Gasteiger partial charge on any atom is 0.407 e. The molecule has 28 heavy (non-hydrogen) atoms. The molecule has 2 heterocycles. The van der Waals surface area contributed by atoms with Crippen LogP contribution in [0.4, 0.5) is 4.79 Å². The Balaban J connectivity index is 1.97. The summed E-state index contributed by atoms with van der Waals surface area (Å²) in [5.74, 6) is 0.372. The molecule has 8 heteroatoms. The molecule has 2 aromatic rings. The summed E-state index contributed by atoms with van der Waals surface area (Å²) < 4.78 is 6.94. The average molecular weight is 387 g/mol. The first-order valence-electron chi connectivity index (χ1n) is 9.15. The lowest BCUT2D eigenvalue weighted by Crippen LogP contribution is -2.52. The van der Waals surface area contributed by atoms with Crippen molar-refractivity contribution in [2.75, 3.05) is 6.54 Å². The highest BCUT2D eigenvalue weighted by molar-refractivity contribution is 5.94. The van der Waals surface area contributed by atoms with Crippen LogP contribution < -0.4 is 10.6 Å². The monoisotopic (exact) mass is 387 g/mol. The smallest absolute Gasteiger partial charge is 0.407 e. The Kier molecular flexibility index (Phi) is 6.11. The summed E-state index contributed by atoms with van der Waals surface area (Å²) in [6, 6.07) is 5.41. The van der Waals surface area contributed by atoms with Crippen LogP contribution in [-0.2, 0) is 4.74 Å². The van der Waals surface area contributed by atoms with Crippen molar-refractivity contribution >= 4 is 12.0 Å². The molecule has 0 spiro atoms. The number of ether oxygens (including phenoxy) is 1. The zero-order chi connectivity index (χ0) is 21.1. The minimum Gasteiger partial charge on any atom is -0.444 e. The minimum absolute atomic E-state index is 0.227. The second-order valence-corrected chi connectivity index (χ2v) is 8.44. The fourth-order valence-electron chi connectivity index (χ4n) is 2.54. The van der Waals surface area contributed by atoms with E-state index in [1.165, 1.54) is 6.20 Å². The van der Waals surface area contributed by atoms with Gasteiger partial charge >= 0.3 is 6.09 Å². The molecule has 0 unspecified atom stereocenters. The van der Waals surface area contributed by atoms with E-state index in [1.807, 2.05) is 33.8 Å². The van der Waals surface area contributed by atoms with Crippen molar-refractivity contribution in [1.82, 2.24) is 25.4 Å². The van der Waals surface area contributed by atoms with Crippen LogP contribution in [-0.4, -0.2) is 44.4 Å². The number of aromatic nitrogens is 3. The summed E-state index contributed by atoms with van der Waals surface area (Å²) in [6.45, 7) is 13.1. The van der Waals surface area contributed by atoms with Crippen molar-refractivity contribution < 1.29 is 14.3 Å². The van der Waals surface area contributed by atoms with Crippen molar-refractivity contribution in [3.8, 4) is 5.82 Å². The van der Waals surface area contributed by atoms with Gasteiger partial charge < -0.3 is 15.4 Å². The first-order chi connectivity index (χ1) is 12.9. The predicted molar refractivity (Wildman–Crippen MR) is 107 cm³/mol. The van der Waals surface area contributed by atoms with Crippen molar-refractivity contribution in [3.05, 3.63) is 41.3 Å². The fraction of sp³-hybridized carbons (Fsp3) is 0.500. The van der Waals surface area contributed by atoms with Crippen LogP contribution in [0.15, 0.2) is 24.4 Å². The number of pyridine rings is 1. The zero-order valence-electron chi connectivity index (χ0n) is 17.6. The topological polar surface area (TPSA) is 98.1 Å². The van der Waals surface area contributed by atoms with E-state index in [2.05, 4.69) is 20.7 Å². The molecule has 2 N–H and O–H groups in total. The van der Waals surface area contributed by atoms with Crippen LogP contribution in [0.2, 0.25) is 0 Å². The highest BCUT2D eigenvalue weighted by atomic mass is 16.6. The molecule has 0 aliphatic heterocycles. The van der Waals surface area contributed by atoms with Crippen molar-refractivity contribution in [2.24, 2.45) is 0 Å². The van der Waals surface area contributed by atoms with E-state index in [9.17, 15) is 9.59 Å².